The zero-order valence-electron chi connectivity index (χ0n) is 9.71. The molecule has 0 spiro atoms. The van der Waals surface area contributed by atoms with Gasteiger partial charge in [0.1, 0.15) is 0 Å². The van der Waals surface area contributed by atoms with Crippen molar-refractivity contribution in [3.63, 3.8) is 0 Å². The number of carbonyl (C=O) groups excluding carboxylic acids is 1. The molecule has 0 N–H and O–H groups in total. The van der Waals surface area contributed by atoms with Gasteiger partial charge in [0, 0.05) is 25.1 Å². The average Bonchev–Trinajstić information content (AvgIpc) is 2.40. The molecule has 0 saturated heterocycles. The Kier molecular flexibility index (Phi) is 3.50. The third-order valence-corrected chi connectivity index (χ3v) is 2.60. The van der Waals surface area contributed by atoms with Gasteiger partial charge in [-0.05, 0) is 23.8 Å². The van der Waals surface area contributed by atoms with Crippen LogP contribution in [-0.4, -0.2) is 17.9 Å². The van der Waals surface area contributed by atoms with Gasteiger partial charge in [-0.2, -0.15) is 0 Å². The van der Waals surface area contributed by atoms with Gasteiger partial charge in [0.15, 0.2) is 0 Å². The number of hydrogen-bond acceptors (Lipinski definition) is 2. The molecule has 0 aliphatic heterocycles. The minimum absolute atomic E-state index is 0.0594. The van der Waals surface area contributed by atoms with Gasteiger partial charge >= 0.3 is 0 Å². The Bertz CT molecular complexity index is 482. The predicted octanol–water partition coefficient (Wildman–Crippen LogP) is 2.29. The van der Waals surface area contributed by atoms with Crippen molar-refractivity contribution in [2.45, 2.75) is 6.42 Å². The second kappa shape index (κ2) is 5.25. The Morgan fingerprint density at radius 3 is 2.59 bits per heavy atom. The fourth-order valence-electron chi connectivity index (χ4n) is 1.59. The van der Waals surface area contributed by atoms with Crippen molar-refractivity contribution >= 4 is 11.6 Å². The van der Waals surface area contributed by atoms with E-state index in [4.69, 9.17) is 0 Å². The highest BCUT2D eigenvalue weighted by molar-refractivity contribution is 5.94. The normalized spacial score (nSPS) is 9.94. The Hall–Kier alpha value is -2.16. The van der Waals surface area contributed by atoms with E-state index in [2.05, 4.69) is 4.98 Å². The number of para-hydroxylation sites is 1. The van der Waals surface area contributed by atoms with Crippen LogP contribution in [0.5, 0.6) is 0 Å². The lowest BCUT2D eigenvalue weighted by atomic mass is 10.2. The number of pyridine rings is 1. The number of amides is 1. The zero-order chi connectivity index (χ0) is 12.1. The van der Waals surface area contributed by atoms with Gasteiger partial charge in [0.05, 0.1) is 6.42 Å². The van der Waals surface area contributed by atoms with Crippen LogP contribution in [-0.2, 0) is 11.2 Å². The van der Waals surface area contributed by atoms with Crippen molar-refractivity contribution in [2.75, 3.05) is 11.9 Å². The van der Waals surface area contributed by atoms with Crippen LogP contribution < -0.4 is 4.90 Å². The molecule has 3 nitrogen and oxygen atoms in total. The minimum Gasteiger partial charge on any atom is -0.315 e. The molecular weight excluding hydrogens is 212 g/mol. The Balaban J connectivity index is 2.06. The molecule has 2 rings (SSSR count). The molecule has 86 valence electrons. The number of hydrogen-bond donors (Lipinski definition) is 0. The summed E-state index contributed by atoms with van der Waals surface area (Å²) in [5.74, 6) is 0.0594. The molecule has 0 aliphatic rings. The number of rotatable bonds is 3. The highest BCUT2D eigenvalue weighted by Crippen LogP contribution is 2.12. The van der Waals surface area contributed by atoms with Crippen molar-refractivity contribution in [1.82, 2.24) is 4.98 Å². The smallest absolute Gasteiger partial charge is 0.231 e. The largest absolute Gasteiger partial charge is 0.315 e. The molecule has 0 radical (unpaired) electrons. The summed E-state index contributed by atoms with van der Waals surface area (Å²) in [6.07, 6.45) is 3.80. The lowest BCUT2D eigenvalue weighted by Crippen LogP contribution is -2.27. The van der Waals surface area contributed by atoms with Crippen LogP contribution in [0, 0.1) is 0 Å². The number of nitrogens with zero attached hydrogens (tertiary/aromatic N) is 2. The average molecular weight is 226 g/mol. The first kappa shape index (κ1) is 11.3. The van der Waals surface area contributed by atoms with Crippen LogP contribution in [0.1, 0.15) is 5.56 Å². The van der Waals surface area contributed by atoms with Gasteiger partial charge in [-0.15, -0.1) is 0 Å². The number of benzene rings is 1. The predicted molar refractivity (Wildman–Crippen MR) is 67.8 cm³/mol. The second-order valence-corrected chi connectivity index (χ2v) is 3.83. The second-order valence-electron chi connectivity index (χ2n) is 3.83. The number of carbonyl (C=O) groups is 1. The molecule has 0 saturated carbocycles. The van der Waals surface area contributed by atoms with E-state index in [-0.39, 0.29) is 5.91 Å². The summed E-state index contributed by atoms with van der Waals surface area (Å²) in [6, 6.07) is 13.4. The highest BCUT2D eigenvalue weighted by Gasteiger charge is 2.10. The fourth-order valence-corrected chi connectivity index (χ4v) is 1.59. The topological polar surface area (TPSA) is 33.2 Å². The summed E-state index contributed by atoms with van der Waals surface area (Å²) < 4.78 is 0. The Morgan fingerprint density at radius 2 is 1.94 bits per heavy atom. The monoisotopic (exact) mass is 226 g/mol. The standard InChI is InChI=1S/C14H14N2O/c1-16(13-7-3-2-4-8-13)14(17)10-12-6-5-9-15-11-12/h2-9,11H,10H2,1H3. The molecule has 1 amide bonds. The Morgan fingerprint density at radius 1 is 1.18 bits per heavy atom. The third kappa shape index (κ3) is 2.91. The maximum absolute atomic E-state index is 12.0. The van der Waals surface area contributed by atoms with E-state index < -0.39 is 0 Å². The van der Waals surface area contributed by atoms with E-state index >= 15 is 0 Å². The first-order valence-electron chi connectivity index (χ1n) is 5.48. The van der Waals surface area contributed by atoms with Gasteiger partial charge in [-0.25, -0.2) is 0 Å². The molecule has 3 heteroatoms. The summed E-state index contributed by atoms with van der Waals surface area (Å²) >= 11 is 0. The minimum atomic E-state index is 0.0594. The summed E-state index contributed by atoms with van der Waals surface area (Å²) in [5.41, 5.74) is 1.83. The van der Waals surface area contributed by atoms with Crippen molar-refractivity contribution in [2.24, 2.45) is 0 Å². The van der Waals surface area contributed by atoms with Crippen molar-refractivity contribution in [1.29, 1.82) is 0 Å². The molecule has 0 atom stereocenters. The lowest BCUT2D eigenvalue weighted by Gasteiger charge is -2.17. The van der Waals surface area contributed by atoms with E-state index in [9.17, 15) is 4.79 Å². The molecule has 0 unspecified atom stereocenters. The van der Waals surface area contributed by atoms with Crippen molar-refractivity contribution < 1.29 is 4.79 Å². The SMILES string of the molecule is CN(C(=O)Cc1cccnc1)c1ccccc1. The summed E-state index contributed by atoms with van der Waals surface area (Å²) in [5, 5.41) is 0. The van der Waals surface area contributed by atoms with E-state index in [0.717, 1.165) is 11.3 Å². The lowest BCUT2D eigenvalue weighted by molar-refractivity contribution is -0.117. The molecule has 2 aromatic rings. The molecular formula is C14H14N2O. The van der Waals surface area contributed by atoms with Crippen LogP contribution in [0.15, 0.2) is 54.9 Å². The maximum Gasteiger partial charge on any atom is 0.231 e. The Labute approximate surface area is 101 Å². The molecule has 1 aromatic carbocycles. The summed E-state index contributed by atoms with van der Waals surface area (Å²) in [7, 11) is 1.79. The van der Waals surface area contributed by atoms with Crippen LogP contribution in [0.4, 0.5) is 5.69 Å². The van der Waals surface area contributed by atoms with Crippen molar-refractivity contribution in [3.05, 3.63) is 60.4 Å². The molecule has 1 heterocycles. The van der Waals surface area contributed by atoms with Crippen molar-refractivity contribution in [3.8, 4) is 0 Å². The van der Waals surface area contributed by atoms with Crippen LogP contribution >= 0.6 is 0 Å². The van der Waals surface area contributed by atoms with Gasteiger partial charge in [0.25, 0.3) is 0 Å². The van der Waals surface area contributed by atoms with Gasteiger partial charge < -0.3 is 4.90 Å². The van der Waals surface area contributed by atoms with Crippen LogP contribution in [0.25, 0.3) is 0 Å². The number of aromatic nitrogens is 1. The zero-order valence-corrected chi connectivity index (χ0v) is 9.71. The molecule has 0 bridgehead atoms. The molecule has 1 aromatic heterocycles. The first-order chi connectivity index (χ1) is 8.27. The van der Waals surface area contributed by atoms with Gasteiger partial charge in [0.2, 0.25) is 5.91 Å². The number of likely N-dealkylation sites (N-methyl/N-ethyl adjacent to an activating group) is 1. The van der Waals surface area contributed by atoms with E-state index in [1.54, 1.807) is 24.3 Å². The van der Waals surface area contributed by atoms with Crippen LogP contribution in [0.2, 0.25) is 0 Å². The number of anilines is 1. The summed E-state index contributed by atoms with van der Waals surface area (Å²) in [6.45, 7) is 0. The van der Waals surface area contributed by atoms with Crippen LogP contribution in [0.3, 0.4) is 0 Å². The summed E-state index contributed by atoms with van der Waals surface area (Å²) in [4.78, 5) is 17.7. The maximum atomic E-state index is 12.0. The van der Waals surface area contributed by atoms with E-state index in [0.29, 0.717) is 6.42 Å². The van der Waals surface area contributed by atoms with Gasteiger partial charge in [-0.1, -0.05) is 24.3 Å². The molecule has 0 aliphatic carbocycles. The van der Waals surface area contributed by atoms with E-state index in [1.165, 1.54) is 0 Å². The first-order valence-corrected chi connectivity index (χ1v) is 5.48. The molecule has 17 heavy (non-hydrogen) atoms. The fraction of sp³-hybridized carbons (Fsp3) is 0.143. The van der Waals surface area contributed by atoms with Gasteiger partial charge in [-0.3, -0.25) is 9.78 Å². The molecule has 0 fully saturated rings. The van der Waals surface area contributed by atoms with E-state index in [1.807, 2.05) is 42.5 Å². The quantitative estimate of drug-likeness (QED) is 0.804. The highest BCUT2D eigenvalue weighted by atomic mass is 16.2. The third-order valence-electron chi connectivity index (χ3n) is 2.60.